The van der Waals surface area contributed by atoms with Crippen molar-refractivity contribution in [3.05, 3.63) is 15.8 Å². The van der Waals surface area contributed by atoms with E-state index in [1.807, 2.05) is 0 Å². The van der Waals surface area contributed by atoms with Crippen molar-refractivity contribution in [2.24, 2.45) is 0 Å². The molecule has 8 heteroatoms. The first-order valence-corrected chi connectivity index (χ1v) is 9.32. The first-order valence-electron chi connectivity index (χ1n) is 6.20. The number of nitrogens with one attached hydrogen (secondary N) is 1. The van der Waals surface area contributed by atoms with E-state index in [2.05, 4.69) is 5.32 Å². The minimum atomic E-state index is -3.80. The molecule has 2 atom stereocenters. The van der Waals surface area contributed by atoms with Gasteiger partial charge in [-0.3, -0.25) is 4.79 Å². The van der Waals surface area contributed by atoms with Crippen molar-refractivity contribution in [2.45, 2.75) is 43.2 Å². The minimum absolute atomic E-state index is 0.00973. The molecule has 0 aliphatic heterocycles. The van der Waals surface area contributed by atoms with Gasteiger partial charge in [0.1, 0.15) is 0 Å². The Morgan fingerprint density at radius 3 is 2.70 bits per heavy atom. The zero-order chi connectivity index (χ0) is 14.9. The zero-order valence-corrected chi connectivity index (χ0v) is 13.6. The van der Waals surface area contributed by atoms with Crippen LogP contribution in [-0.4, -0.2) is 33.6 Å². The average Bonchev–Trinajstić information content (AvgIpc) is 2.94. The highest BCUT2D eigenvalue weighted by Gasteiger charge is 2.27. The molecule has 1 saturated carbocycles. The topological polar surface area (TPSA) is 72.5 Å². The van der Waals surface area contributed by atoms with Gasteiger partial charge in [0.25, 0.3) is 15.0 Å². The molecule has 1 fully saturated rings. The lowest BCUT2D eigenvalue weighted by Crippen LogP contribution is -2.32. The fraction of sp³-hybridized carbons (Fsp3) is 0.583. The van der Waals surface area contributed by atoms with Crippen molar-refractivity contribution in [2.75, 3.05) is 7.11 Å². The van der Waals surface area contributed by atoms with E-state index in [1.54, 1.807) is 14.0 Å². The van der Waals surface area contributed by atoms with E-state index < -0.39 is 9.05 Å². The summed E-state index contributed by atoms with van der Waals surface area (Å²) in [7, 11) is 3.18. The van der Waals surface area contributed by atoms with Crippen LogP contribution in [0.4, 0.5) is 0 Å². The lowest BCUT2D eigenvalue weighted by atomic mass is 10.2. The molecule has 0 spiro atoms. The summed E-state index contributed by atoms with van der Waals surface area (Å²) in [5.41, 5.74) is 0. The fourth-order valence-corrected chi connectivity index (χ4v) is 4.93. The molecular formula is C12H16ClNO4S2. The van der Waals surface area contributed by atoms with Gasteiger partial charge < -0.3 is 10.1 Å². The molecule has 0 bridgehead atoms. The quantitative estimate of drug-likeness (QED) is 0.855. The van der Waals surface area contributed by atoms with Gasteiger partial charge in [-0.05, 0) is 32.3 Å². The number of hydrogen-bond acceptors (Lipinski definition) is 5. The van der Waals surface area contributed by atoms with Crippen molar-refractivity contribution < 1.29 is 17.9 Å². The van der Waals surface area contributed by atoms with Gasteiger partial charge in [0.15, 0.2) is 0 Å². The second kappa shape index (κ2) is 6.01. The van der Waals surface area contributed by atoms with Crippen LogP contribution < -0.4 is 5.32 Å². The molecule has 1 amide bonds. The Labute approximate surface area is 126 Å². The van der Waals surface area contributed by atoms with Gasteiger partial charge in [0, 0.05) is 28.7 Å². The molecule has 112 valence electrons. The zero-order valence-electron chi connectivity index (χ0n) is 11.2. The number of carbonyl (C=O) groups excluding carboxylic acids is 1. The molecule has 1 heterocycles. The summed E-state index contributed by atoms with van der Waals surface area (Å²) in [5, 5.41) is 2.91. The number of amides is 1. The highest BCUT2D eigenvalue weighted by Crippen LogP contribution is 2.29. The number of thiophene rings is 1. The fourth-order valence-electron chi connectivity index (χ4n) is 2.36. The Balaban J connectivity index is 2.07. The predicted molar refractivity (Wildman–Crippen MR) is 78.0 cm³/mol. The molecule has 1 aliphatic carbocycles. The molecule has 2 unspecified atom stereocenters. The van der Waals surface area contributed by atoms with Gasteiger partial charge in [0.2, 0.25) is 0 Å². The summed E-state index contributed by atoms with van der Waals surface area (Å²) in [5.74, 6) is -0.258. The molecule has 1 aromatic rings. The summed E-state index contributed by atoms with van der Waals surface area (Å²) in [6.07, 6.45) is 2.76. The summed E-state index contributed by atoms with van der Waals surface area (Å²) in [4.78, 5) is 13.0. The van der Waals surface area contributed by atoms with Gasteiger partial charge in [0.05, 0.1) is 15.9 Å². The molecule has 1 N–H and O–H groups in total. The number of aryl methyl sites for hydroxylation is 1. The molecule has 0 aromatic carbocycles. The van der Waals surface area contributed by atoms with Gasteiger partial charge >= 0.3 is 0 Å². The normalized spacial score (nSPS) is 22.9. The van der Waals surface area contributed by atoms with E-state index >= 15 is 0 Å². The third kappa shape index (κ3) is 3.52. The Hall–Kier alpha value is -0.630. The summed E-state index contributed by atoms with van der Waals surface area (Å²) >= 11 is 1.13. The minimum Gasteiger partial charge on any atom is -0.381 e. The van der Waals surface area contributed by atoms with Crippen LogP contribution in [0, 0.1) is 6.92 Å². The molecule has 1 aromatic heterocycles. The molecule has 5 nitrogen and oxygen atoms in total. The highest BCUT2D eigenvalue weighted by atomic mass is 35.7. The third-order valence-corrected chi connectivity index (χ3v) is 6.04. The molecule has 20 heavy (non-hydrogen) atoms. The van der Waals surface area contributed by atoms with Crippen molar-refractivity contribution >= 4 is 37.0 Å². The number of methoxy groups -OCH3 is 1. The summed E-state index contributed by atoms with van der Waals surface area (Å²) in [6, 6.07) is 1.41. The van der Waals surface area contributed by atoms with E-state index in [1.165, 1.54) is 6.07 Å². The van der Waals surface area contributed by atoms with Crippen LogP contribution in [0.5, 0.6) is 0 Å². The van der Waals surface area contributed by atoms with E-state index in [4.69, 9.17) is 15.4 Å². The standard InChI is InChI=1S/C12H16ClNO4S2/c1-7-11(20(13,16)17)6-10(19-7)12(15)14-8-3-4-9(5-8)18-2/h6,8-9H,3-5H2,1-2H3,(H,14,15). The van der Waals surface area contributed by atoms with Crippen LogP contribution in [-0.2, 0) is 13.8 Å². The van der Waals surface area contributed by atoms with Crippen LogP contribution in [0.3, 0.4) is 0 Å². The van der Waals surface area contributed by atoms with Gasteiger partial charge in [-0.1, -0.05) is 0 Å². The highest BCUT2D eigenvalue weighted by molar-refractivity contribution is 8.13. The van der Waals surface area contributed by atoms with Crippen molar-refractivity contribution in [3.8, 4) is 0 Å². The van der Waals surface area contributed by atoms with Gasteiger partial charge in [-0.25, -0.2) is 8.42 Å². The van der Waals surface area contributed by atoms with Crippen molar-refractivity contribution in [1.29, 1.82) is 0 Å². The Morgan fingerprint density at radius 1 is 1.50 bits per heavy atom. The number of hydrogen-bond donors (Lipinski definition) is 1. The third-order valence-electron chi connectivity index (χ3n) is 3.41. The van der Waals surface area contributed by atoms with Crippen LogP contribution in [0.1, 0.15) is 33.8 Å². The molecule has 2 rings (SSSR count). The molecule has 1 aliphatic rings. The van der Waals surface area contributed by atoms with Gasteiger partial charge in [-0.2, -0.15) is 0 Å². The Bertz CT molecular complexity index is 611. The maximum absolute atomic E-state index is 12.1. The van der Waals surface area contributed by atoms with Crippen LogP contribution in [0.15, 0.2) is 11.0 Å². The monoisotopic (exact) mass is 337 g/mol. The van der Waals surface area contributed by atoms with E-state index in [-0.39, 0.29) is 22.9 Å². The summed E-state index contributed by atoms with van der Waals surface area (Å²) < 4.78 is 27.9. The SMILES string of the molecule is COC1CCC(NC(=O)c2cc(S(=O)(=O)Cl)c(C)s2)C1. The Kier molecular flexibility index (Phi) is 4.73. The lowest BCUT2D eigenvalue weighted by Gasteiger charge is -2.11. The van der Waals surface area contributed by atoms with E-state index in [0.717, 1.165) is 30.6 Å². The second-order valence-electron chi connectivity index (χ2n) is 4.81. The smallest absolute Gasteiger partial charge is 0.262 e. The molecule has 0 saturated heterocycles. The van der Waals surface area contributed by atoms with Crippen molar-refractivity contribution in [1.82, 2.24) is 5.32 Å². The van der Waals surface area contributed by atoms with Crippen molar-refractivity contribution in [3.63, 3.8) is 0 Å². The maximum atomic E-state index is 12.1. The second-order valence-corrected chi connectivity index (χ2v) is 8.60. The molecular weight excluding hydrogens is 322 g/mol. The average molecular weight is 338 g/mol. The van der Waals surface area contributed by atoms with E-state index in [9.17, 15) is 13.2 Å². The van der Waals surface area contributed by atoms with Crippen LogP contribution in [0.2, 0.25) is 0 Å². The van der Waals surface area contributed by atoms with Crippen LogP contribution in [0.25, 0.3) is 0 Å². The number of halogens is 1. The Morgan fingerprint density at radius 2 is 2.20 bits per heavy atom. The maximum Gasteiger partial charge on any atom is 0.262 e. The first kappa shape index (κ1) is 15.8. The largest absolute Gasteiger partial charge is 0.381 e. The van der Waals surface area contributed by atoms with Crippen LogP contribution >= 0.6 is 22.0 Å². The number of rotatable bonds is 4. The lowest BCUT2D eigenvalue weighted by molar-refractivity contribution is 0.0918. The van der Waals surface area contributed by atoms with E-state index in [0.29, 0.717) is 9.75 Å². The first-order chi connectivity index (χ1) is 9.31. The summed E-state index contributed by atoms with van der Waals surface area (Å²) in [6.45, 7) is 1.63. The number of ether oxygens (including phenoxy) is 1. The number of carbonyl (C=O) groups is 1. The predicted octanol–water partition coefficient (Wildman–Crippen LogP) is 2.28. The molecule has 0 radical (unpaired) electrons. The van der Waals surface area contributed by atoms with Gasteiger partial charge in [-0.15, -0.1) is 11.3 Å².